The van der Waals surface area contributed by atoms with Crippen molar-refractivity contribution in [3.8, 4) is 0 Å². The molecule has 2 atom stereocenters. The van der Waals surface area contributed by atoms with Gasteiger partial charge in [-0.3, -0.25) is 0 Å². The summed E-state index contributed by atoms with van der Waals surface area (Å²) >= 11 is 0. The highest BCUT2D eigenvalue weighted by atomic mass is 15.0. The number of nitrogens with one attached hydrogen (secondary N) is 2. The quantitative estimate of drug-likeness (QED) is 0.883. The van der Waals surface area contributed by atoms with E-state index >= 15 is 0 Å². The maximum Gasteiger partial charge on any atom is 0.0190 e. The highest BCUT2D eigenvalue weighted by molar-refractivity contribution is 5.18. The van der Waals surface area contributed by atoms with Crippen molar-refractivity contribution < 1.29 is 0 Å². The summed E-state index contributed by atoms with van der Waals surface area (Å²) in [5, 5.41) is 7.32. The van der Waals surface area contributed by atoms with Crippen molar-refractivity contribution in [1.29, 1.82) is 0 Å². The molecule has 3 nitrogen and oxygen atoms in total. The van der Waals surface area contributed by atoms with Gasteiger partial charge >= 0.3 is 0 Å². The fraction of sp³-hybridized carbons (Fsp3) is 0.765. The van der Waals surface area contributed by atoms with Crippen LogP contribution >= 0.6 is 0 Å². The molecule has 20 heavy (non-hydrogen) atoms. The molecule has 0 amide bonds. The van der Waals surface area contributed by atoms with E-state index in [9.17, 15) is 0 Å². The Hall–Kier alpha value is -0.800. The first-order valence-corrected chi connectivity index (χ1v) is 8.43. The second-order valence-corrected chi connectivity index (χ2v) is 6.58. The van der Waals surface area contributed by atoms with Gasteiger partial charge < -0.3 is 15.2 Å². The molecule has 0 aromatic carbocycles. The van der Waals surface area contributed by atoms with E-state index in [1.54, 1.807) is 0 Å². The third-order valence-electron chi connectivity index (χ3n) is 5.07. The largest absolute Gasteiger partial charge is 0.351 e. The van der Waals surface area contributed by atoms with Gasteiger partial charge in [0.1, 0.15) is 0 Å². The van der Waals surface area contributed by atoms with Crippen LogP contribution in [0.2, 0.25) is 0 Å². The number of hydrogen-bond acceptors (Lipinski definition) is 2. The maximum atomic E-state index is 3.66. The van der Waals surface area contributed by atoms with E-state index in [4.69, 9.17) is 0 Å². The third-order valence-corrected chi connectivity index (χ3v) is 5.07. The zero-order valence-corrected chi connectivity index (χ0v) is 12.8. The molecule has 3 rings (SSSR count). The molecule has 2 aliphatic heterocycles. The molecule has 2 N–H and O–H groups in total. The molecular formula is C17H29N3. The summed E-state index contributed by atoms with van der Waals surface area (Å²) in [5.41, 5.74) is 2.99. The molecule has 1 aromatic rings. The van der Waals surface area contributed by atoms with Crippen molar-refractivity contribution in [2.45, 2.75) is 63.5 Å². The highest BCUT2D eigenvalue weighted by Gasteiger charge is 2.18. The van der Waals surface area contributed by atoms with Crippen molar-refractivity contribution in [1.82, 2.24) is 15.2 Å². The number of hydrogen-bond donors (Lipinski definition) is 2. The van der Waals surface area contributed by atoms with Crippen molar-refractivity contribution in [2.75, 3.05) is 13.1 Å². The standard InChI is InChI=1S/C17H29N3/c1-20-16(12-14-6-2-4-10-18-14)8-9-17(20)13-15-7-3-5-11-19-15/h8-9,14-15,18-19H,2-7,10-13H2,1H3. The van der Waals surface area contributed by atoms with Gasteiger partial charge in [0.15, 0.2) is 0 Å². The van der Waals surface area contributed by atoms with Gasteiger partial charge in [-0.2, -0.15) is 0 Å². The molecule has 0 bridgehead atoms. The van der Waals surface area contributed by atoms with Crippen LogP contribution in [0.25, 0.3) is 0 Å². The summed E-state index contributed by atoms with van der Waals surface area (Å²) in [6.07, 6.45) is 10.5. The minimum atomic E-state index is 0.693. The lowest BCUT2D eigenvalue weighted by Crippen LogP contribution is -2.37. The van der Waals surface area contributed by atoms with Gasteiger partial charge in [0.2, 0.25) is 0 Å². The maximum absolute atomic E-state index is 3.66. The summed E-state index contributed by atoms with van der Waals surface area (Å²) in [7, 11) is 2.25. The van der Waals surface area contributed by atoms with Gasteiger partial charge in [0.25, 0.3) is 0 Å². The van der Waals surface area contributed by atoms with Crippen LogP contribution in [0, 0.1) is 0 Å². The zero-order chi connectivity index (χ0) is 13.8. The van der Waals surface area contributed by atoms with Gasteiger partial charge in [-0.1, -0.05) is 12.8 Å². The van der Waals surface area contributed by atoms with Crippen molar-refractivity contribution in [2.24, 2.45) is 7.05 Å². The average Bonchev–Trinajstić information content (AvgIpc) is 2.83. The Morgan fingerprint density at radius 1 is 0.900 bits per heavy atom. The molecule has 3 heterocycles. The smallest absolute Gasteiger partial charge is 0.0190 e. The normalized spacial score (nSPS) is 27.6. The Kier molecular flexibility index (Phi) is 4.79. The second kappa shape index (κ2) is 6.77. The van der Waals surface area contributed by atoms with E-state index in [1.807, 2.05) is 0 Å². The molecule has 2 saturated heterocycles. The predicted molar refractivity (Wildman–Crippen MR) is 84.1 cm³/mol. The Labute approximate surface area is 123 Å². The van der Waals surface area contributed by atoms with E-state index in [0.29, 0.717) is 12.1 Å². The Morgan fingerprint density at radius 3 is 1.80 bits per heavy atom. The van der Waals surface area contributed by atoms with Crippen molar-refractivity contribution >= 4 is 0 Å². The molecule has 0 saturated carbocycles. The Morgan fingerprint density at radius 2 is 1.40 bits per heavy atom. The Bertz CT molecular complexity index is 374. The first kappa shape index (κ1) is 14.2. The van der Waals surface area contributed by atoms with E-state index < -0.39 is 0 Å². The Balaban J connectivity index is 1.59. The van der Waals surface area contributed by atoms with Gasteiger partial charge in [0.05, 0.1) is 0 Å². The minimum absolute atomic E-state index is 0.693. The van der Waals surface area contributed by atoms with Crippen LogP contribution in [0.1, 0.15) is 49.9 Å². The van der Waals surface area contributed by atoms with E-state index in [0.717, 1.165) is 0 Å². The van der Waals surface area contributed by atoms with Crippen LogP contribution in [0.5, 0.6) is 0 Å². The van der Waals surface area contributed by atoms with Crippen LogP contribution in [-0.4, -0.2) is 29.7 Å². The summed E-state index contributed by atoms with van der Waals surface area (Å²) in [6, 6.07) is 6.07. The van der Waals surface area contributed by atoms with Crippen LogP contribution < -0.4 is 10.6 Å². The van der Waals surface area contributed by atoms with Crippen LogP contribution in [0.15, 0.2) is 12.1 Å². The molecule has 3 heteroatoms. The fourth-order valence-corrected chi connectivity index (χ4v) is 3.71. The zero-order valence-electron chi connectivity index (χ0n) is 12.8. The van der Waals surface area contributed by atoms with Crippen molar-refractivity contribution in [3.05, 3.63) is 23.5 Å². The molecule has 2 aliphatic rings. The average molecular weight is 275 g/mol. The first-order valence-electron chi connectivity index (χ1n) is 8.43. The topological polar surface area (TPSA) is 29.0 Å². The summed E-state index contributed by atoms with van der Waals surface area (Å²) < 4.78 is 2.44. The van der Waals surface area contributed by atoms with Gasteiger partial charge in [-0.05, 0) is 50.9 Å². The summed E-state index contributed by atoms with van der Waals surface area (Å²) in [6.45, 7) is 2.40. The highest BCUT2D eigenvalue weighted by Crippen LogP contribution is 2.18. The lowest BCUT2D eigenvalue weighted by atomic mass is 10.0. The number of piperidine rings is 2. The minimum Gasteiger partial charge on any atom is -0.351 e. The molecule has 112 valence electrons. The monoisotopic (exact) mass is 275 g/mol. The molecule has 2 unspecified atom stereocenters. The van der Waals surface area contributed by atoms with E-state index in [1.165, 1.54) is 75.8 Å². The predicted octanol–water partition coefficient (Wildman–Crippen LogP) is 2.39. The molecule has 0 spiro atoms. The van der Waals surface area contributed by atoms with Gasteiger partial charge in [0, 0.05) is 43.4 Å². The number of rotatable bonds is 4. The van der Waals surface area contributed by atoms with Gasteiger partial charge in [-0.15, -0.1) is 0 Å². The lowest BCUT2D eigenvalue weighted by Gasteiger charge is -2.25. The third kappa shape index (κ3) is 3.44. The number of aromatic nitrogens is 1. The van der Waals surface area contributed by atoms with Gasteiger partial charge in [-0.25, -0.2) is 0 Å². The van der Waals surface area contributed by atoms with Crippen LogP contribution in [0.3, 0.4) is 0 Å². The summed E-state index contributed by atoms with van der Waals surface area (Å²) in [4.78, 5) is 0. The van der Waals surface area contributed by atoms with Crippen LogP contribution in [-0.2, 0) is 19.9 Å². The van der Waals surface area contributed by atoms with E-state index in [-0.39, 0.29) is 0 Å². The van der Waals surface area contributed by atoms with E-state index in [2.05, 4.69) is 34.4 Å². The van der Waals surface area contributed by atoms with Crippen LogP contribution in [0.4, 0.5) is 0 Å². The second-order valence-electron chi connectivity index (χ2n) is 6.58. The molecule has 2 fully saturated rings. The number of nitrogens with zero attached hydrogens (tertiary/aromatic N) is 1. The molecule has 0 aliphatic carbocycles. The molecular weight excluding hydrogens is 246 g/mol. The van der Waals surface area contributed by atoms with Crippen molar-refractivity contribution in [3.63, 3.8) is 0 Å². The molecule has 1 aromatic heterocycles. The lowest BCUT2D eigenvalue weighted by molar-refractivity contribution is 0.387. The summed E-state index contributed by atoms with van der Waals surface area (Å²) in [5.74, 6) is 0. The first-order chi connectivity index (χ1) is 9.83. The SMILES string of the molecule is Cn1c(CC2CCCCN2)ccc1CC1CCCCN1. The molecule has 0 radical (unpaired) electrons. The fourth-order valence-electron chi connectivity index (χ4n) is 3.71.